The quantitative estimate of drug-likeness (QED) is 0.569. The van der Waals surface area contributed by atoms with Gasteiger partial charge in [0, 0.05) is 10.6 Å². The van der Waals surface area contributed by atoms with Crippen LogP contribution in [0.2, 0.25) is 5.02 Å². The Hall–Kier alpha value is -0.810. The Morgan fingerprint density at radius 1 is 1.38 bits per heavy atom. The number of aliphatic hydroxyl groups is 2. The Balaban J connectivity index is 3.22. The number of alkyl halides is 1. The average molecular weight is 265 g/mol. The number of phenolic OH excluding ortho intramolecular Hbond substituents is 1. The molecule has 1 rings (SSSR count). The van der Waals surface area contributed by atoms with Crippen molar-refractivity contribution in [2.75, 3.05) is 5.88 Å². The Bertz CT molecular complexity index is 395. The zero-order chi connectivity index (χ0) is 12.3. The standard InChI is InChI=1S/C10H10Cl2O4/c11-3-8(14)10(16)7-2-6(12)1-5(4-13)9(7)15/h1-2,4,8,10,14-16H,3H2. The van der Waals surface area contributed by atoms with Crippen LogP contribution in [0, 0.1) is 0 Å². The van der Waals surface area contributed by atoms with Crippen molar-refractivity contribution >= 4 is 29.5 Å². The molecule has 16 heavy (non-hydrogen) atoms. The minimum atomic E-state index is -1.39. The third-order valence-electron chi connectivity index (χ3n) is 2.10. The number of hydrogen-bond donors (Lipinski definition) is 3. The number of benzene rings is 1. The zero-order valence-corrected chi connectivity index (χ0v) is 9.61. The maximum Gasteiger partial charge on any atom is 0.153 e. The van der Waals surface area contributed by atoms with Crippen LogP contribution < -0.4 is 0 Å². The molecule has 0 saturated carbocycles. The summed E-state index contributed by atoms with van der Waals surface area (Å²) < 4.78 is 0. The van der Waals surface area contributed by atoms with Crippen molar-refractivity contribution in [3.63, 3.8) is 0 Å². The fourth-order valence-corrected chi connectivity index (χ4v) is 1.65. The molecular weight excluding hydrogens is 255 g/mol. The normalized spacial score (nSPS) is 14.5. The molecule has 0 amide bonds. The predicted molar refractivity (Wildman–Crippen MR) is 60.2 cm³/mol. The number of carbonyl (C=O) groups is 1. The predicted octanol–water partition coefficient (Wildman–Crippen LogP) is 1.49. The molecule has 1 aromatic rings. The molecule has 1 aromatic carbocycles. The van der Waals surface area contributed by atoms with E-state index in [9.17, 15) is 20.1 Å². The van der Waals surface area contributed by atoms with Crippen LogP contribution in [0.15, 0.2) is 12.1 Å². The Kier molecular flexibility index (Phi) is 4.56. The molecule has 0 aliphatic carbocycles. The summed E-state index contributed by atoms with van der Waals surface area (Å²) in [7, 11) is 0. The molecule has 0 radical (unpaired) electrons. The lowest BCUT2D eigenvalue weighted by molar-refractivity contribution is 0.0312. The van der Waals surface area contributed by atoms with Gasteiger partial charge < -0.3 is 15.3 Å². The highest BCUT2D eigenvalue weighted by Gasteiger charge is 2.22. The van der Waals surface area contributed by atoms with Crippen molar-refractivity contribution < 1.29 is 20.1 Å². The van der Waals surface area contributed by atoms with E-state index in [-0.39, 0.29) is 22.0 Å². The maximum absolute atomic E-state index is 10.6. The first-order chi connectivity index (χ1) is 7.51. The topological polar surface area (TPSA) is 77.8 Å². The molecule has 88 valence electrons. The largest absolute Gasteiger partial charge is 0.507 e. The second-order valence-corrected chi connectivity index (χ2v) is 3.96. The van der Waals surface area contributed by atoms with Crippen LogP contribution >= 0.6 is 23.2 Å². The zero-order valence-electron chi connectivity index (χ0n) is 8.10. The molecule has 0 spiro atoms. The smallest absolute Gasteiger partial charge is 0.153 e. The first-order valence-electron chi connectivity index (χ1n) is 4.41. The third kappa shape index (κ3) is 2.65. The molecule has 3 N–H and O–H groups in total. The van der Waals surface area contributed by atoms with Crippen molar-refractivity contribution in [2.45, 2.75) is 12.2 Å². The first-order valence-corrected chi connectivity index (χ1v) is 5.32. The summed E-state index contributed by atoms with van der Waals surface area (Å²) in [5.41, 5.74) is -0.0777. The third-order valence-corrected chi connectivity index (χ3v) is 2.64. The van der Waals surface area contributed by atoms with E-state index in [0.29, 0.717) is 6.29 Å². The molecule has 0 bridgehead atoms. The average Bonchev–Trinajstić information content (AvgIpc) is 2.29. The van der Waals surface area contributed by atoms with E-state index < -0.39 is 18.0 Å². The van der Waals surface area contributed by atoms with Gasteiger partial charge in [0.05, 0.1) is 17.5 Å². The second-order valence-electron chi connectivity index (χ2n) is 3.22. The van der Waals surface area contributed by atoms with Gasteiger partial charge in [-0.1, -0.05) is 11.6 Å². The highest BCUT2D eigenvalue weighted by Crippen LogP contribution is 2.32. The number of hydrogen-bond acceptors (Lipinski definition) is 4. The molecule has 2 unspecified atom stereocenters. The Morgan fingerprint density at radius 2 is 2.00 bits per heavy atom. The molecule has 0 aliphatic rings. The van der Waals surface area contributed by atoms with Crippen LogP contribution in [0.5, 0.6) is 5.75 Å². The minimum absolute atomic E-state index is 0.0252. The van der Waals surface area contributed by atoms with E-state index in [0.717, 1.165) is 0 Å². The number of rotatable bonds is 4. The van der Waals surface area contributed by atoms with Crippen molar-refractivity contribution in [3.8, 4) is 5.75 Å². The molecule has 0 saturated heterocycles. The number of halogens is 2. The van der Waals surface area contributed by atoms with Crippen LogP contribution in [0.1, 0.15) is 22.0 Å². The molecule has 0 fully saturated rings. The molecule has 0 heterocycles. The summed E-state index contributed by atoms with van der Waals surface area (Å²) in [6.07, 6.45) is -2.23. The van der Waals surface area contributed by atoms with Crippen LogP contribution in [0.3, 0.4) is 0 Å². The van der Waals surface area contributed by atoms with Gasteiger partial charge in [0.1, 0.15) is 11.9 Å². The van der Waals surface area contributed by atoms with Gasteiger partial charge >= 0.3 is 0 Å². The van der Waals surface area contributed by atoms with Crippen molar-refractivity contribution in [3.05, 3.63) is 28.3 Å². The van der Waals surface area contributed by atoms with E-state index in [1.807, 2.05) is 0 Å². The highest BCUT2D eigenvalue weighted by atomic mass is 35.5. The van der Waals surface area contributed by atoms with E-state index in [2.05, 4.69) is 0 Å². The Labute approximate surface area is 102 Å². The summed E-state index contributed by atoms with van der Waals surface area (Å²) in [5, 5.41) is 28.8. The maximum atomic E-state index is 10.6. The van der Waals surface area contributed by atoms with Gasteiger partial charge in [0.25, 0.3) is 0 Å². The van der Waals surface area contributed by atoms with Gasteiger partial charge in [-0.15, -0.1) is 11.6 Å². The summed E-state index contributed by atoms with van der Waals surface area (Å²) in [4.78, 5) is 10.6. The van der Waals surface area contributed by atoms with E-state index >= 15 is 0 Å². The van der Waals surface area contributed by atoms with E-state index in [1.165, 1.54) is 12.1 Å². The summed E-state index contributed by atoms with van der Waals surface area (Å²) in [6, 6.07) is 2.53. The molecule has 2 atom stereocenters. The number of carbonyl (C=O) groups excluding carboxylic acids is 1. The lowest BCUT2D eigenvalue weighted by atomic mass is 10.0. The van der Waals surface area contributed by atoms with Crippen LogP contribution in [0.4, 0.5) is 0 Å². The number of aliphatic hydroxyl groups excluding tert-OH is 2. The van der Waals surface area contributed by atoms with Crippen molar-refractivity contribution in [2.24, 2.45) is 0 Å². The van der Waals surface area contributed by atoms with Gasteiger partial charge in [0.2, 0.25) is 0 Å². The van der Waals surface area contributed by atoms with Crippen LogP contribution in [-0.4, -0.2) is 33.6 Å². The lowest BCUT2D eigenvalue weighted by Gasteiger charge is -2.17. The highest BCUT2D eigenvalue weighted by molar-refractivity contribution is 6.31. The molecule has 6 heteroatoms. The van der Waals surface area contributed by atoms with Gasteiger partial charge in [-0.3, -0.25) is 4.79 Å². The lowest BCUT2D eigenvalue weighted by Crippen LogP contribution is -2.20. The van der Waals surface area contributed by atoms with Crippen LogP contribution in [-0.2, 0) is 0 Å². The summed E-state index contributed by atoms with van der Waals surface area (Å²) in [5.74, 6) is -0.611. The molecule has 4 nitrogen and oxygen atoms in total. The first kappa shape index (κ1) is 13.3. The van der Waals surface area contributed by atoms with Gasteiger partial charge in [-0.05, 0) is 12.1 Å². The fraction of sp³-hybridized carbons (Fsp3) is 0.300. The minimum Gasteiger partial charge on any atom is -0.507 e. The van der Waals surface area contributed by atoms with Gasteiger partial charge in [-0.25, -0.2) is 0 Å². The van der Waals surface area contributed by atoms with E-state index in [1.54, 1.807) is 0 Å². The van der Waals surface area contributed by atoms with E-state index in [4.69, 9.17) is 23.2 Å². The summed E-state index contributed by atoms with van der Waals surface area (Å²) >= 11 is 11.1. The second kappa shape index (κ2) is 5.50. The number of aromatic hydroxyl groups is 1. The molecular formula is C10H10Cl2O4. The monoisotopic (exact) mass is 264 g/mol. The van der Waals surface area contributed by atoms with Gasteiger partial charge in [-0.2, -0.15) is 0 Å². The van der Waals surface area contributed by atoms with Crippen molar-refractivity contribution in [1.29, 1.82) is 0 Å². The van der Waals surface area contributed by atoms with Crippen molar-refractivity contribution in [1.82, 2.24) is 0 Å². The fourth-order valence-electron chi connectivity index (χ4n) is 1.25. The van der Waals surface area contributed by atoms with Crippen LogP contribution in [0.25, 0.3) is 0 Å². The molecule has 0 aliphatic heterocycles. The summed E-state index contributed by atoms with van der Waals surface area (Å²) in [6.45, 7) is 0. The Morgan fingerprint density at radius 3 is 2.50 bits per heavy atom. The SMILES string of the molecule is O=Cc1cc(Cl)cc(C(O)C(O)CCl)c1O. The molecule has 0 aromatic heterocycles. The number of phenols is 1. The number of aldehydes is 1. The van der Waals surface area contributed by atoms with Gasteiger partial charge in [0.15, 0.2) is 6.29 Å².